The van der Waals surface area contributed by atoms with Gasteiger partial charge in [-0.2, -0.15) is 0 Å². The van der Waals surface area contributed by atoms with E-state index in [0.29, 0.717) is 6.54 Å². The Bertz CT molecular complexity index is 353. The maximum Gasteiger partial charge on any atom is 0.191 e. The summed E-state index contributed by atoms with van der Waals surface area (Å²) < 4.78 is 16.3. The molecule has 0 aromatic carbocycles. The fraction of sp³-hybridized carbons (Fsp3) is 0.941. The van der Waals surface area contributed by atoms with E-state index in [0.717, 1.165) is 71.2 Å². The molecule has 7 nitrogen and oxygen atoms in total. The molecule has 2 N–H and O–H groups in total. The van der Waals surface area contributed by atoms with Crippen LogP contribution in [0.3, 0.4) is 0 Å². The topological polar surface area (TPSA) is 67.4 Å². The van der Waals surface area contributed by atoms with E-state index in [-0.39, 0.29) is 29.6 Å². The molecule has 1 saturated heterocycles. The largest absolute Gasteiger partial charge is 0.385 e. The van der Waals surface area contributed by atoms with Crippen molar-refractivity contribution in [1.82, 2.24) is 15.5 Å². The Morgan fingerprint density at radius 2 is 1.92 bits per heavy atom. The lowest BCUT2D eigenvalue weighted by Crippen LogP contribution is -2.45. The first-order valence-corrected chi connectivity index (χ1v) is 8.98. The van der Waals surface area contributed by atoms with E-state index in [1.165, 1.54) is 0 Å². The van der Waals surface area contributed by atoms with Crippen LogP contribution < -0.4 is 10.6 Å². The summed E-state index contributed by atoms with van der Waals surface area (Å²) in [4.78, 5) is 7.02. The van der Waals surface area contributed by atoms with Crippen molar-refractivity contribution in [1.29, 1.82) is 0 Å². The lowest BCUT2D eigenvalue weighted by Gasteiger charge is -2.34. The molecular formula is C17H37IN4O3. The molecule has 0 atom stereocenters. The predicted molar refractivity (Wildman–Crippen MR) is 113 cm³/mol. The van der Waals surface area contributed by atoms with Gasteiger partial charge in [-0.15, -0.1) is 24.0 Å². The molecule has 0 bridgehead atoms. The standard InChI is InChI=1S/C17H36N4O3.HI/c1-5-18-16(19-9-11-21(2)10-6-12-22-3)20-15-17(23-4)7-13-24-14-8-17;/h5-15H2,1-4H3,(H2,18,19,20);1H. The Morgan fingerprint density at radius 3 is 2.52 bits per heavy atom. The molecule has 25 heavy (non-hydrogen) atoms. The molecule has 0 spiro atoms. The molecule has 0 aromatic rings. The van der Waals surface area contributed by atoms with Crippen molar-refractivity contribution in [3.8, 4) is 0 Å². The molecule has 1 fully saturated rings. The average molecular weight is 472 g/mol. The maximum absolute atomic E-state index is 5.74. The van der Waals surface area contributed by atoms with Crippen LogP contribution in [-0.2, 0) is 14.2 Å². The van der Waals surface area contributed by atoms with E-state index in [2.05, 4.69) is 29.5 Å². The highest BCUT2D eigenvalue weighted by Crippen LogP contribution is 2.24. The lowest BCUT2D eigenvalue weighted by molar-refractivity contribution is -0.0828. The molecule has 1 rings (SSSR count). The van der Waals surface area contributed by atoms with E-state index in [4.69, 9.17) is 19.2 Å². The predicted octanol–water partition coefficient (Wildman–Crippen LogP) is 1.32. The summed E-state index contributed by atoms with van der Waals surface area (Å²) in [6.07, 6.45) is 2.85. The number of hydrogen-bond donors (Lipinski definition) is 2. The molecule has 0 aromatic heterocycles. The number of halogens is 1. The molecule has 1 heterocycles. The van der Waals surface area contributed by atoms with Crippen molar-refractivity contribution in [3.05, 3.63) is 0 Å². The third-order valence-corrected chi connectivity index (χ3v) is 4.38. The summed E-state index contributed by atoms with van der Waals surface area (Å²) in [6, 6.07) is 0. The molecule has 0 unspecified atom stereocenters. The number of nitrogens with zero attached hydrogens (tertiary/aromatic N) is 2. The second-order valence-corrected chi connectivity index (χ2v) is 6.27. The van der Waals surface area contributed by atoms with E-state index in [1.54, 1.807) is 14.2 Å². The first-order valence-electron chi connectivity index (χ1n) is 8.98. The molecule has 0 radical (unpaired) electrons. The van der Waals surface area contributed by atoms with Gasteiger partial charge >= 0.3 is 0 Å². The van der Waals surface area contributed by atoms with Crippen molar-refractivity contribution in [3.63, 3.8) is 0 Å². The highest BCUT2D eigenvalue weighted by atomic mass is 127. The van der Waals surface area contributed by atoms with Crippen LogP contribution in [0.1, 0.15) is 26.2 Å². The van der Waals surface area contributed by atoms with Gasteiger partial charge in [-0.1, -0.05) is 0 Å². The average Bonchev–Trinajstić information content (AvgIpc) is 2.61. The van der Waals surface area contributed by atoms with Crippen molar-refractivity contribution < 1.29 is 14.2 Å². The summed E-state index contributed by atoms with van der Waals surface area (Å²) in [5.74, 6) is 0.853. The number of likely N-dealkylation sites (N-methyl/N-ethyl adjacent to an activating group) is 1. The number of aliphatic imine (C=N–C) groups is 1. The minimum Gasteiger partial charge on any atom is -0.385 e. The minimum absolute atomic E-state index is 0. The lowest BCUT2D eigenvalue weighted by atomic mass is 9.94. The first kappa shape index (κ1) is 24.8. The van der Waals surface area contributed by atoms with Crippen molar-refractivity contribution in [2.24, 2.45) is 4.99 Å². The summed E-state index contributed by atoms with van der Waals surface area (Å²) >= 11 is 0. The highest BCUT2D eigenvalue weighted by Gasteiger charge is 2.32. The smallest absolute Gasteiger partial charge is 0.191 e. The third kappa shape index (κ3) is 10.5. The van der Waals surface area contributed by atoms with Crippen molar-refractivity contribution in [2.75, 3.05) is 73.8 Å². The van der Waals surface area contributed by atoms with Crippen LogP contribution in [0.25, 0.3) is 0 Å². The van der Waals surface area contributed by atoms with E-state index in [9.17, 15) is 0 Å². The number of ether oxygens (including phenoxy) is 3. The zero-order chi connectivity index (χ0) is 17.7. The maximum atomic E-state index is 5.74. The Morgan fingerprint density at radius 1 is 1.20 bits per heavy atom. The van der Waals surface area contributed by atoms with Crippen LogP contribution in [0, 0.1) is 0 Å². The fourth-order valence-corrected chi connectivity index (χ4v) is 2.69. The van der Waals surface area contributed by atoms with Crippen molar-refractivity contribution >= 4 is 29.9 Å². The first-order chi connectivity index (χ1) is 11.7. The molecule has 0 aliphatic carbocycles. The monoisotopic (exact) mass is 472 g/mol. The molecule has 150 valence electrons. The van der Waals surface area contributed by atoms with E-state index >= 15 is 0 Å². The summed E-state index contributed by atoms with van der Waals surface area (Å²) in [5, 5.41) is 6.71. The number of guanidine groups is 1. The third-order valence-electron chi connectivity index (χ3n) is 4.38. The second-order valence-electron chi connectivity index (χ2n) is 6.27. The molecule has 0 saturated carbocycles. The zero-order valence-electron chi connectivity index (χ0n) is 16.3. The van der Waals surface area contributed by atoms with Crippen LogP contribution in [-0.4, -0.2) is 90.3 Å². The van der Waals surface area contributed by atoms with Gasteiger partial charge in [0.2, 0.25) is 0 Å². The fourth-order valence-electron chi connectivity index (χ4n) is 2.69. The number of hydrogen-bond acceptors (Lipinski definition) is 5. The molecule has 8 heteroatoms. The molecular weight excluding hydrogens is 435 g/mol. The van der Waals surface area contributed by atoms with Gasteiger partial charge in [0.25, 0.3) is 0 Å². The van der Waals surface area contributed by atoms with E-state index in [1.807, 2.05) is 0 Å². The van der Waals surface area contributed by atoms with Gasteiger partial charge in [-0.3, -0.25) is 4.99 Å². The number of rotatable bonds is 11. The van der Waals surface area contributed by atoms with Gasteiger partial charge in [0, 0.05) is 73.1 Å². The zero-order valence-corrected chi connectivity index (χ0v) is 18.6. The summed E-state index contributed by atoms with van der Waals surface area (Å²) in [6.45, 7) is 8.76. The van der Waals surface area contributed by atoms with Crippen LogP contribution in [0.5, 0.6) is 0 Å². The van der Waals surface area contributed by atoms with E-state index < -0.39 is 0 Å². The molecule has 0 amide bonds. The van der Waals surface area contributed by atoms with Gasteiger partial charge in [-0.25, -0.2) is 0 Å². The van der Waals surface area contributed by atoms with Crippen LogP contribution >= 0.6 is 24.0 Å². The van der Waals surface area contributed by atoms with Crippen LogP contribution in [0.4, 0.5) is 0 Å². The Balaban J connectivity index is 0.00000576. The normalized spacial score (nSPS) is 17.2. The number of nitrogens with one attached hydrogen (secondary N) is 2. The SMILES string of the molecule is CCNC(=NCC1(OC)CCOCC1)NCCN(C)CCCOC.I. The Labute approximate surface area is 170 Å². The Hall–Kier alpha value is -0.160. The highest BCUT2D eigenvalue weighted by molar-refractivity contribution is 14.0. The van der Waals surface area contributed by atoms with Crippen molar-refractivity contribution in [2.45, 2.75) is 31.8 Å². The van der Waals surface area contributed by atoms with Crippen LogP contribution in [0.15, 0.2) is 4.99 Å². The second kappa shape index (κ2) is 15.0. The molecule has 1 aliphatic heterocycles. The Kier molecular flexibility index (Phi) is 14.9. The summed E-state index contributed by atoms with van der Waals surface area (Å²) in [5.41, 5.74) is -0.183. The van der Waals surface area contributed by atoms with Gasteiger partial charge in [0.05, 0.1) is 12.1 Å². The van der Waals surface area contributed by atoms with Gasteiger partial charge in [0.1, 0.15) is 0 Å². The minimum atomic E-state index is -0.183. The number of methoxy groups -OCH3 is 2. The quantitative estimate of drug-likeness (QED) is 0.205. The van der Waals surface area contributed by atoms with Gasteiger partial charge in [0.15, 0.2) is 5.96 Å². The van der Waals surface area contributed by atoms with Gasteiger partial charge in [-0.05, 0) is 20.4 Å². The van der Waals surface area contributed by atoms with Gasteiger partial charge < -0.3 is 29.7 Å². The molecule has 1 aliphatic rings. The summed E-state index contributed by atoms with van der Waals surface area (Å²) in [7, 11) is 5.64. The van der Waals surface area contributed by atoms with Crippen LogP contribution in [0.2, 0.25) is 0 Å².